The zero-order chi connectivity index (χ0) is 19.1. The largest absolute Gasteiger partial charge is 0.481 e. The first-order valence-corrected chi connectivity index (χ1v) is 9.28. The normalized spacial score (nSPS) is 13.4. The number of ether oxygens (including phenoxy) is 1. The van der Waals surface area contributed by atoms with Crippen molar-refractivity contribution < 1.29 is 23.9 Å². The first-order chi connectivity index (χ1) is 11.7. The zero-order valence-electron chi connectivity index (χ0n) is 16.4. The maximum absolute atomic E-state index is 11.9. The summed E-state index contributed by atoms with van der Waals surface area (Å²) in [6.07, 6.45) is 14.5. The van der Waals surface area contributed by atoms with E-state index in [2.05, 4.69) is 13.0 Å². The summed E-state index contributed by atoms with van der Waals surface area (Å²) < 4.78 is 5.85. The first kappa shape index (κ1) is 23.4. The van der Waals surface area contributed by atoms with Crippen LogP contribution in [0.25, 0.3) is 0 Å². The number of unbranched alkanes of at least 4 members (excludes halogenated alkanes) is 5. The van der Waals surface area contributed by atoms with Crippen molar-refractivity contribution in [1.82, 2.24) is 0 Å². The van der Waals surface area contributed by atoms with Gasteiger partial charge < -0.3 is 14.3 Å². The third-order valence-corrected chi connectivity index (χ3v) is 3.59. The molecular weight excluding hydrogens is 318 g/mol. The lowest BCUT2D eigenvalue weighted by molar-refractivity contribution is -0.873. The number of rotatable bonds is 14. The number of likely N-dealkylation sites (N-methyl/N-ethyl adjacent to an activating group) is 1. The minimum absolute atomic E-state index is 0.161. The molecule has 1 N–H and O–H groups in total. The van der Waals surface area contributed by atoms with Crippen molar-refractivity contribution in [3.63, 3.8) is 0 Å². The Bertz CT molecular complexity index is 435. The molecule has 0 aromatic carbocycles. The molecule has 0 fully saturated rings. The second-order valence-corrected chi connectivity index (χ2v) is 7.45. The lowest BCUT2D eigenvalue weighted by Gasteiger charge is -2.28. The molecule has 0 saturated heterocycles. The number of nitrogens with zero attached hydrogens (tertiary/aromatic N) is 1. The fraction of sp³-hybridized carbons (Fsp3) is 0.700. The number of aliphatic carboxylic acids is 1. The third-order valence-electron chi connectivity index (χ3n) is 3.59. The van der Waals surface area contributed by atoms with Crippen molar-refractivity contribution in [2.24, 2.45) is 0 Å². The van der Waals surface area contributed by atoms with Gasteiger partial charge in [0.05, 0.1) is 34.0 Å². The second kappa shape index (κ2) is 13.6. The highest BCUT2D eigenvalue weighted by molar-refractivity contribution is 5.72. The number of quaternary nitrogens is 1. The van der Waals surface area contributed by atoms with Crippen molar-refractivity contribution in [1.29, 1.82) is 0 Å². The highest BCUT2D eigenvalue weighted by atomic mass is 16.5. The van der Waals surface area contributed by atoms with Crippen LogP contribution in [-0.4, -0.2) is 55.3 Å². The molecule has 144 valence electrons. The number of carbonyl (C=O) groups excluding carboxylic acids is 1. The van der Waals surface area contributed by atoms with Gasteiger partial charge in [0.2, 0.25) is 0 Å². The van der Waals surface area contributed by atoms with E-state index < -0.39 is 12.1 Å². The fourth-order valence-corrected chi connectivity index (χ4v) is 2.47. The molecule has 5 heteroatoms. The van der Waals surface area contributed by atoms with Gasteiger partial charge in [-0.1, -0.05) is 56.9 Å². The Morgan fingerprint density at radius 2 is 1.68 bits per heavy atom. The van der Waals surface area contributed by atoms with Crippen LogP contribution in [-0.2, 0) is 14.3 Å². The number of esters is 1. The van der Waals surface area contributed by atoms with E-state index in [9.17, 15) is 9.59 Å². The standard InChI is InChI=1S/C20H35NO4/c1-5-6-7-8-9-10-11-12-13-14-15-20(24)25-18(16-19(22)23)17-21(2,3)4/h11-14,18H,5-10,15-17H2,1-4H3/p+1/b12-11+,14-13+. The molecule has 25 heavy (non-hydrogen) atoms. The average Bonchev–Trinajstić information content (AvgIpc) is 2.46. The van der Waals surface area contributed by atoms with Crippen LogP contribution in [0.5, 0.6) is 0 Å². The highest BCUT2D eigenvalue weighted by Crippen LogP contribution is 2.07. The summed E-state index contributed by atoms with van der Waals surface area (Å²) >= 11 is 0. The van der Waals surface area contributed by atoms with E-state index in [0.29, 0.717) is 11.0 Å². The van der Waals surface area contributed by atoms with E-state index in [0.717, 1.165) is 6.42 Å². The summed E-state index contributed by atoms with van der Waals surface area (Å²) in [6, 6.07) is 0. The van der Waals surface area contributed by atoms with Crippen molar-refractivity contribution >= 4 is 11.9 Å². The monoisotopic (exact) mass is 354 g/mol. The Hall–Kier alpha value is -1.62. The van der Waals surface area contributed by atoms with Crippen LogP contribution in [0.4, 0.5) is 0 Å². The molecule has 5 nitrogen and oxygen atoms in total. The van der Waals surface area contributed by atoms with Crippen molar-refractivity contribution in [3.05, 3.63) is 24.3 Å². The summed E-state index contributed by atoms with van der Waals surface area (Å²) in [4.78, 5) is 22.8. The third kappa shape index (κ3) is 17.0. The predicted molar refractivity (Wildman–Crippen MR) is 101 cm³/mol. The van der Waals surface area contributed by atoms with Gasteiger partial charge >= 0.3 is 11.9 Å². The molecule has 0 saturated carbocycles. The van der Waals surface area contributed by atoms with E-state index in [-0.39, 0.29) is 18.8 Å². The van der Waals surface area contributed by atoms with Crippen LogP contribution in [0.15, 0.2) is 24.3 Å². The quantitative estimate of drug-likeness (QED) is 0.222. The molecule has 0 heterocycles. The number of hydrogen-bond acceptors (Lipinski definition) is 3. The van der Waals surface area contributed by atoms with Crippen LogP contribution in [0, 0.1) is 0 Å². The predicted octanol–water partition coefficient (Wildman–Crippen LogP) is 3.94. The molecule has 0 aliphatic heterocycles. The maximum Gasteiger partial charge on any atom is 0.310 e. The maximum atomic E-state index is 11.9. The van der Waals surface area contributed by atoms with Gasteiger partial charge in [-0.25, -0.2) is 0 Å². The van der Waals surface area contributed by atoms with Gasteiger partial charge in [-0.3, -0.25) is 9.59 Å². The molecule has 0 aromatic heterocycles. The number of carboxylic acid groups (broad SMARTS) is 1. The Morgan fingerprint density at radius 3 is 2.28 bits per heavy atom. The summed E-state index contributed by atoms with van der Waals surface area (Å²) in [5.41, 5.74) is 0. The Labute approximate surface area is 152 Å². The smallest absolute Gasteiger partial charge is 0.310 e. The van der Waals surface area contributed by atoms with Gasteiger partial charge in [0.15, 0.2) is 6.10 Å². The van der Waals surface area contributed by atoms with Gasteiger partial charge in [-0.2, -0.15) is 0 Å². The van der Waals surface area contributed by atoms with Crippen molar-refractivity contribution in [3.8, 4) is 0 Å². The van der Waals surface area contributed by atoms with Gasteiger partial charge in [-0.15, -0.1) is 0 Å². The molecule has 0 amide bonds. The Morgan fingerprint density at radius 1 is 1.04 bits per heavy atom. The lowest BCUT2D eigenvalue weighted by Crippen LogP contribution is -2.43. The van der Waals surface area contributed by atoms with Gasteiger partial charge in [0, 0.05) is 0 Å². The van der Waals surface area contributed by atoms with E-state index in [1.807, 2.05) is 33.3 Å². The molecule has 0 aliphatic rings. The van der Waals surface area contributed by atoms with Crippen molar-refractivity contribution in [2.75, 3.05) is 27.7 Å². The summed E-state index contributed by atoms with van der Waals surface area (Å²) in [5, 5.41) is 8.94. The summed E-state index contributed by atoms with van der Waals surface area (Å²) in [6.45, 7) is 2.68. The second-order valence-electron chi connectivity index (χ2n) is 7.45. The summed E-state index contributed by atoms with van der Waals surface area (Å²) in [5.74, 6) is -1.34. The van der Waals surface area contributed by atoms with E-state index >= 15 is 0 Å². The van der Waals surface area contributed by atoms with Crippen LogP contribution < -0.4 is 0 Å². The number of carbonyl (C=O) groups is 2. The first-order valence-electron chi connectivity index (χ1n) is 9.28. The van der Waals surface area contributed by atoms with Gasteiger partial charge in [-0.05, 0) is 12.8 Å². The highest BCUT2D eigenvalue weighted by Gasteiger charge is 2.24. The minimum atomic E-state index is -0.955. The number of hydrogen-bond donors (Lipinski definition) is 1. The molecule has 0 rings (SSSR count). The molecule has 0 aliphatic carbocycles. The average molecular weight is 355 g/mol. The molecule has 0 aromatic rings. The molecule has 0 radical (unpaired) electrons. The SMILES string of the molecule is CCCCCCC/C=C/C=C/CC(=O)OC(CC(=O)O)C[N+](C)(C)C. The zero-order valence-corrected chi connectivity index (χ0v) is 16.4. The topological polar surface area (TPSA) is 63.6 Å². The molecular formula is C20H36NO4+. The Balaban J connectivity index is 4.06. The van der Waals surface area contributed by atoms with E-state index in [4.69, 9.17) is 9.84 Å². The molecule has 1 atom stereocenters. The number of allylic oxidation sites excluding steroid dienone is 3. The van der Waals surface area contributed by atoms with Crippen LogP contribution >= 0.6 is 0 Å². The summed E-state index contributed by atoms with van der Waals surface area (Å²) in [7, 11) is 5.82. The van der Waals surface area contributed by atoms with Crippen molar-refractivity contribution in [2.45, 2.75) is 64.4 Å². The minimum Gasteiger partial charge on any atom is -0.481 e. The lowest BCUT2D eigenvalue weighted by atomic mass is 10.1. The Kier molecular flexibility index (Phi) is 12.8. The number of carboxylic acids is 1. The van der Waals surface area contributed by atoms with Crippen LogP contribution in [0.1, 0.15) is 58.3 Å². The van der Waals surface area contributed by atoms with Gasteiger partial charge in [0.25, 0.3) is 0 Å². The van der Waals surface area contributed by atoms with E-state index in [1.165, 1.54) is 32.1 Å². The van der Waals surface area contributed by atoms with Gasteiger partial charge in [0.1, 0.15) is 6.54 Å². The fourth-order valence-electron chi connectivity index (χ4n) is 2.47. The molecule has 0 spiro atoms. The molecule has 0 bridgehead atoms. The van der Waals surface area contributed by atoms with Crippen LogP contribution in [0.2, 0.25) is 0 Å². The van der Waals surface area contributed by atoms with Crippen LogP contribution in [0.3, 0.4) is 0 Å². The van der Waals surface area contributed by atoms with E-state index in [1.54, 1.807) is 6.08 Å². The molecule has 1 unspecified atom stereocenters.